The Bertz CT molecular complexity index is 636. The van der Waals surface area contributed by atoms with E-state index in [1.807, 2.05) is 20.8 Å². The van der Waals surface area contributed by atoms with E-state index in [2.05, 4.69) is 0 Å². The summed E-state index contributed by atoms with van der Waals surface area (Å²) in [7, 11) is 0. The average molecular weight is 354 g/mol. The highest BCUT2D eigenvalue weighted by molar-refractivity contribution is 5.68. The summed E-state index contributed by atoms with van der Waals surface area (Å²) in [5, 5.41) is 11.0. The van der Waals surface area contributed by atoms with Crippen LogP contribution in [0, 0.1) is 21.8 Å². The molecule has 0 spiro atoms. The molecule has 1 aliphatic heterocycles. The van der Waals surface area contributed by atoms with E-state index in [4.69, 9.17) is 9.47 Å². The Labute approximate surface area is 145 Å². The van der Waals surface area contributed by atoms with Gasteiger partial charge < -0.3 is 14.4 Å². The minimum atomic E-state index is -0.750. The van der Waals surface area contributed by atoms with Gasteiger partial charge in [-0.3, -0.25) is 10.1 Å². The van der Waals surface area contributed by atoms with Crippen LogP contribution in [-0.4, -0.2) is 41.2 Å². The Balaban J connectivity index is 1.87. The van der Waals surface area contributed by atoms with Crippen molar-refractivity contribution < 1.29 is 23.6 Å². The first kappa shape index (κ1) is 19.0. The third-order valence-electron chi connectivity index (χ3n) is 3.87. The molecule has 0 N–H and O–H groups in total. The molecule has 25 heavy (non-hydrogen) atoms. The Morgan fingerprint density at radius 2 is 2.00 bits per heavy atom. The molecule has 1 aliphatic rings. The van der Waals surface area contributed by atoms with Crippen molar-refractivity contribution in [1.82, 2.24) is 4.90 Å². The molecule has 2 rings (SSSR count). The molecule has 1 heterocycles. The highest BCUT2D eigenvalue weighted by Gasteiger charge is 2.28. The van der Waals surface area contributed by atoms with E-state index in [0.717, 1.165) is 6.07 Å². The molecular weight excluding hydrogens is 331 g/mol. The first-order valence-electron chi connectivity index (χ1n) is 8.21. The van der Waals surface area contributed by atoms with Crippen LogP contribution in [0.1, 0.15) is 33.6 Å². The van der Waals surface area contributed by atoms with E-state index in [1.165, 1.54) is 12.1 Å². The smallest absolute Gasteiger partial charge is 0.410 e. The minimum absolute atomic E-state index is 0.0953. The number of likely N-dealkylation sites (tertiary alicyclic amines) is 1. The lowest BCUT2D eigenvalue weighted by molar-refractivity contribution is -0.386. The van der Waals surface area contributed by atoms with E-state index in [1.54, 1.807) is 4.90 Å². The lowest BCUT2D eigenvalue weighted by Gasteiger charge is -2.33. The highest BCUT2D eigenvalue weighted by atomic mass is 19.1. The lowest BCUT2D eigenvalue weighted by atomic mass is 9.98. The molecule has 0 aromatic heterocycles. The number of nitrogens with zero attached hydrogens (tertiary/aromatic N) is 2. The van der Waals surface area contributed by atoms with Gasteiger partial charge in [0.05, 0.1) is 11.5 Å². The molecular formula is C17H23FN2O5. The average Bonchev–Trinajstić information content (AvgIpc) is 2.52. The first-order chi connectivity index (χ1) is 11.7. The minimum Gasteiger partial charge on any atom is -0.484 e. The summed E-state index contributed by atoms with van der Waals surface area (Å²) in [4.78, 5) is 23.9. The molecule has 0 atom stereocenters. The number of amides is 1. The Morgan fingerprint density at radius 1 is 1.36 bits per heavy atom. The van der Waals surface area contributed by atoms with Crippen LogP contribution in [0.5, 0.6) is 5.75 Å². The third-order valence-corrected chi connectivity index (χ3v) is 3.87. The van der Waals surface area contributed by atoms with Crippen LogP contribution in [0.15, 0.2) is 18.2 Å². The zero-order valence-electron chi connectivity index (χ0n) is 14.7. The summed E-state index contributed by atoms with van der Waals surface area (Å²) in [5.41, 5.74) is -0.924. The molecule has 0 aliphatic carbocycles. The number of para-hydroxylation sites is 1. The summed E-state index contributed by atoms with van der Waals surface area (Å²) in [5.74, 6) is -0.986. The Hall–Kier alpha value is -2.38. The monoisotopic (exact) mass is 354 g/mol. The largest absolute Gasteiger partial charge is 0.484 e. The maximum absolute atomic E-state index is 13.8. The second-order valence-corrected chi connectivity index (χ2v) is 7.07. The van der Waals surface area contributed by atoms with Crippen molar-refractivity contribution in [1.29, 1.82) is 0 Å². The normalized spacial score (nSPS) is 15.8. The van der Waals surface area contributed by atoms with Crippen LogP contribution in [0.3, 0.4) is 0 Å². The maximum atomic E-state index is 13.8. The number of halogens is 1. The fourth-order valence-corrected chi connectivity index (χ4v) is 2.59. The van der Waals surface area contributed by atoms with Crippen molar-refractivity contribution in [2.24, 2.45) is 5.92 Å². The number of rotatable bonds is 4. The summed E-state index contributed by atoms with van der Waals surface area (Å²) < 4.78 is 24.5. The molecule has 0 bridgehead atoms. The van der Waals surface area contributed by atoms with Gasteiger partial charge in [-0.25, -0.2) is 9.18 Å². The van der Waals surface area contributed by atoms with Gasteiger partial charge >= 0.3 is 11.8 Å². The first-order valence-corrected chi connectivity index (χ1v) is 8.21. The molecule has 8 heteroatoms. The fourth-order valence-electron chi connectivity index (χ4n) is 2.59. The van der Waals surface area contributed by atoms with Crippen molar-refractivity contribution in [3.8, 4) is 5.75 Å². The van der Waals surface area contributed by atoms with Gasteiger partial charge in [-0.15, -0.1) is 0 Å². The Kier molecular flexibility index (Phi) is 5.81. The number of piperidine rings is 1. The van der Waals surface area contributed by atoms with Crippen LogP contribution in [0.25, 0.3) is 0 Å². The van der Waals surface area contributed by atoms with Gasteiger partial charge in [0.1, 0.15) is 5.60 Å². The predicted molar refractivity (Wildman–Crippen MR) is 89.1 cm³/mol. The van der Waals surface area contributed by atoms with Gasteiger partial charge in [0.2, 0.25) is 5.75 Å². The molecule has 1 aromatic carbocycles. The molecule has 1 amide bonds. The van der Waals surface area contributed by atoms with E-state index < -0.39 is 16.3 Å². The summed E-state index contributed by atoms with van der Waals surface area (Å²) in [6, 6.07) is 3.62. The number of carbonyl (C=O) groups excluding carboxylic acids is 1. The summed E-state index contributed by atoms with van der Waals surface area (Å²) in [6.45, 7) is 6.64. The summed E-state index contributed by atoms with van der Waals surface area (Å²) in [6.07, 6.45) is 0.986. The molecule has 0 saturated carbocycles. The van der Waals surface area contributed by atoms with Gasteiger partial charge in [0, 0.05) is 19.2 Å². The fraction of sp³-hybridized carbons (Fsp3) is 0.588. The van der Waals surface area contributed by atoms with Crippen molar-refractivity contribution >= 4 is 11.8 Å². The van der Waals surface area contributed by atoms with Gasteiger partial charge in [-0.1, -0.05) is 6.07 Å². The van der Waals surface area contributed by atoms with Gasteiger partial charge in [-0.05, 0) is 45.6 Å². The van der Waals surface area contributed by atoms with Crippen molar-refractivity contribution in [3.63, 3.8) is 0 Å². The number of nitro benzene ring substituents is 1. The van der Waals surface area contributed by atoms with E-state index in [9.17, 15) is 19.3 Å². The number of nitro groups is 1. The van der Waals surface area contributed by atoms with E-state index in [-0.39, 0.29) is 30.1 Å². The molecule has 7 nitrogen and oxygen atoms in total. The molecule has 1 fully saturated rings. The SMILES string of the molecule is CC(C)(C)OC(=O)N1CCC(COc2c(F)cccc2[N+](=O)[O-])CC1. The second kappa shape index (κ2) is 7.67. The van der Waals surface area contributed by atoms with Crippen LogP contribution < -0.4 is 4.74 Å². The lowest BCUT2D eigenvalue weighted by Crippen LogP contribution is -2.42. The summed E-state index contributed by atoms with van der Waals surface area (Å²) >= 11 is 0. The zero-order chi connectivity index (χ0) is 18.6. The maximum Gasteiger partial charge on any atom is 0.410 e. The van der Waals surface area contributed by atoms with Gasteiger partial charge in [0.15, 0.2) is 5.82 Å². The number of benzene rings is 1. The zero-order valence-corrected chi connectivity index (χ0v) is 14.7. The molecule has 1 saturated heterocycles. The molecule has 0 unspecified atom stereocenters. The van der Waals surface area contributed by atoms with Crippen LogP contribution in [0.2, 0.25) is 0 Å². The van der Waals surface area contributed by atoms with Gasteiger partial charge in [0.25, 0.3) is 0 Å². The molecule has 138 valence electrons. The van der Waals surface area contributed by atoms with Crippen LogP contribution in [-0.2, 0) is 4.74 Å². The number of ether oxygens (including phenoxy) is 2. The quantitative estimate of drug-likeness (QED) is 0.607. The van der Waals surface area contributed by atoms with Crippen LogP contribution in [0.4, 0.5) is 14.9 Å². The van der Waals surface area contributed by atoms with Gasteiger partial charge in [-0.2, -0.15) is 0 Å². The van der Waals surface area contributed by atoms with Crippen molar-refractivity contribution in [2.75, 3.05) is 19.7 Å². The van der Waals surface area contributed by atoms with E-state index >= 15 is 0 Å². The standard InChI is InChI=1S/C17H23FN2O5/c1-17(2,3)25-16(21)19-9-7-12(8-10-19)11-24-15-13(18)5-4-6-14(15)20(22)23/h4-6,12H,7-11H2,1-3H3. The molecule has 0 radical (unpaired) electrons. The van der Waals surface area contributed by atoms with Crippen molar-refractivity contribution in [3.05, 3.63) is 34.1 Å². The predicted octanol–water partition coefficient (Wildman–Crippen LogP) is 3.76. The Morgan fingerprint density at radius 3 is 2.56 bits per heavy atom. The van der Waals surface area contributed by atoms with E-state index in [0.29, 0.717) is 25.9 Å². The van der Waals surface area contributed by atoms with Crippen molar-refractivity contribution in [2.45, 2.75) is 39.2 Å². The number of hydrogen-bond donors (Lipinski definition) is 0. The number of hydrogen-bond acceptors (Lipinski definition) is 5. The topological polar surface area (TPSA) is 81.9 Å². The molecule has 1 aromatic rings. The third kappa shape index (κ3) is 5.30. The van der Waals surface area contributed by atoms with Crippen LogP contribution >= 0.6 is 0 Å². The number of carbonyl (C=O) groups is 1. The second-order valence-electron chi connectivity index (χ2n) is 7.07. The highest BCUT2D eigenvalue weighted by Crippen LogP contribution is 2.31.